The van der Waals surface area contributed by atoms with Crippen molar-refractivity contribution < 1.29 is 13.2 Å². The molecule has 0 spiro atoms. The molecule has 0 saturated heterocycles. The Morgan fingerprint density at radius 2 is 2.00 bits per heavy atom. The third-order valence-electron chi connectivity index (χ3n) is 3.38. The van der Waals surface area contributed by atoms with E-state index in [4.69, 9.17) is 12.2 Å². The van der Waals surface area contributed by atoms with Crippen LogP contribution >= 0.6 is 12.2 Å². The highest BCUT2D eigenvalue weighted by atomic mass is 32.2. The van der Waals surface area contributed by atoms with Gasteiger partial charge in [-0.25, -0.2) is 8.42 Å². The first-order valence-electron chi connectivity index (χ1n) is 6.29. The Morgan fingerprint density at radius 1 is 1.24 bits per heavy atom. The molecule has 3 rings (SSSR count). The van der Waals surface area contributed by atoms with Crippen LogP contribution in [0.1, 0.15) is 22.0 Å². The summed E-state index contributed by atoms with van der Waals surface area (Å²) in [5.41, 5.74) is 0.950. The fraction of sp³-hybridized carbons (Fsp3) is 0.143. The van der Waals surface area contributed by atoms with E-state index in [-0.39, 0.29) is 16.6 Å². The lowest BCUT2D eigenvalue weighted by Gasteiger charge is -2.12. The van der Waals surface area contributed by atoms with Crippen LogP contribution in [0.3, 0.4) is 0 Å². The zero-order chi connectivity index (χ0) is 15.0. The molecule has 1 unspecified atom stereocenters. The predicted molar refractivity (Wildman–Crippen MR) is 80.3 cm³/mol. The van der Waals surface area contributed by atoms with Crippen LogP contribution in [-0.2, 0) is 9.84 Å². The number of benzene rings is 1. The molecule has 5 nitrogen and oxygen atoms in total. The summed E-state index contributed by atoms with van der Waals surface area (Å²) in [4.78, 5) is 15.3. The highest BCUT2D eigenvalue weighted by Crippen LogP contribution is 2.33. The van der Waals surface area contributed by atoms with Crippen molar-refractivity contribution in [2.75, 3.05) is 5.75 Å². The number of nitrogens with one attached hydrogen (secondary N) is 2. The van der Waals surface area contributed by atoms with Gasteiger partial charge < -0.3 is 10.3 Å². The number of amides is 1. The molecule has 0 radical (unpaired) electrons. The van der Waals surface area contributed by atoms with Crippen LogP contribution in [0.2, 0.25) is 0 Å². The van der Waals surface area contributed by atoms with E-state index in [1.807, 2.05) is 0 Å². The third kappa shape index (κ3) is 2.50. The van der Waals surface area contributed by atoms with Gasteiger partial charge in [0.15, 0.2) is 9.84 Å². The first-order valence-corrected chi connectivity index (χ1v) is 8.35. The Morgan fingerprint density at radius 3 is 2.76 bits per heavy atom. The van der Waals surface area contributed by atoms with Gasteiger partial charge in [-0.15, -0.1) is 0 Å². The smallest absolute Gasteiger partial charge is 0.254 e. The van der Waals surface area contributed by atoms with E-state index >= 15 is 0 Å². The van der Waals surface area contributed by atoms with E-state index in [2.05, 4.69) is 10.3 Å². The summed E-state index contributed by atoms with van der Waals surface area (Å²) >= 11 is 5.06. The second-order valence-corrected chi connectivity index (χ2v) is 7.17. The van der Waals surface area contributed by atoms with Crippen LogP contribution in [0.5, 0.6) is 0 Å². The van der Waals surface area contributed by atoms with E-state index in [1.165, 1.54) is 0 Å². The topological polar surface area (TPSA) is 79.0 Å². The van der Waals surface area contributed by atoms with Crippen LogP contribution in [0.15, 0.2) is 47.5 Å². The Kier molecular flexibility index (Phi) is 3.38. The lowest BCUT2D eigenvalue weighted by atomic mass is 10.1. The molecule has 1 aromatic heterocycles. The summed E-state index contributed by atoms with van der Waals surface area (Å²) in [6.07, 6.45) is 1.63. The number of fused-ring (bicyclic) bond motifs is 1. The first kappa shape index (κ1) is 14.0. The minimum absolute atomic E-state index is 0.124. The van der Waals surface area contributed by atoms with E-state index in [0.717, 1.165) is 0 Å². The quantitative estimate of drug-likeness (QED) is 0.830. The summed E-state index contributed by atoms with van der Waals surface area (Å²) in [5, 5.41) is 2.74. The molecule has 108 valence electrons. The molecule has 0 fully saturated rings. The largest absolute Gasteiger partial charge is 0.352 e. The summed E-state index contributed by atoms with van der Waals surface area (Å²) in [6, 6.07) is 9.44. The molecule has 2 aromatic rings. The van der Waals surface area contributed by atoms with Crippen molar-refractivity contribution in [1.29, 1.82) is 0 Å². The number of sulfone groups is 1. The van der Waals surface area contributed by atoms with E-state index in [9.17, 15) is 13.2 Å². The van der Waals surface area contributed by atoms with E-state index < -0.39 is 15.9 Å². The molecule has 1 aromatic carbocycles. The summed E-state index contributed by atoms with van der Waals surface area (Å²) in [6.45, 7) is 0. The van der Waals surface area contributed by atoms with E-state index in [1.54, 1.807) is 42.6 Å². The molecule has 0 bridgehead atoms. The van der Waals surface area contributed by atoms with Crippen molar-refractivity contribution in [3.8, 4) is 0 Å². The maximum absolute atomic E-state index is 12.2. The minimum Gasteiger partial charge on any atom is -0.352 e. The molecule has 0 saturated carbocycles. The molecule has 2 heterocycles. The molecular weight excluding hydrogens is 308 g/mol. The van der Waals surface area contributed by atoms with E-state index in [0.29, 0.717) is 15.8 Å². The lowest BCUT2D eigenvalue weighted by Crippen LogP contribution is -2.29. The molecular formula is C14H12N2O3S2. The molecule has 1 aliphatic heterocycles. The molecule has 7 heteroatoms. The Hall–Kier alpha value is -1.99. The Balaban J connectivity index is 1.93. The van der Waals surface area contributed by atoms with Crippen LogP contribution in [0.4, 0.5) is 0 Å². The summed E-state index contributed by atoms with van der Waals surface area (Å²) in [7, 11) is -3.34. The Bertz CT molecular complexity index is 872. The van der Waals surface area contributed by atoms with Gasteiger partial charge in [-0.1, -0.05) is 30.4 Å². The van der Waals surface area contributed by atoms with Crippen molar-refractivity contribution in [2.45, 2.75) is 10.9 Å². The van der Waals surface area contributed by atoms with Gasteiger partial charge in [0, 0.05) is 6.20 Å². The maximum Gasteiger partial charge on any atom is 0.254 e. The van der Waals surface area contributed by atoms with Gasteiger partial charge in [-0.2, -0.15) is 0 Å². The number of pyridine rings is 1. The fourth-order valence-corrected chi connectivity index (χ4v) is 4.37. The van der Waals surface area contributed by atoms with Gasteiger partial charge in [0.2, 0.25) is 0 Å². The van der Waals surface area contributed by atoms with Gasteiger partial charge in [-0.05, 0) is 23.8 Å². The average molecular weight is 320 g/mol. The monoisotopic (exact) mass is 320 g/mol. The Labute approximate surface area is 126 Å². The highest BCUT2D eigenvalue weighted by molar-refractivity contribution is 7.91. The zero-order valence-corrected chi connectivity index (χ0v) is 12.5. The van der Waals surface area contributed by atoms with Crippen molar-refractivity contribution in [3.63, 3.8) is 0 Å². The second-order valence-electron chi connectivity index (χ2n) is 4.76. The van der Waals surface area contributed by atoms with Crippen LogP contribution in [0.25, 0.3) is 0 Å². The molecule has 1 amide bonds. The van der Waals surface area contributed by atoms with Crippen LogP contribution in [0, 0.1) is 4.64 Å². The van der Waals surface area contributed by atoms with Crippen molar-refractivity contribution >= 4 is 28.0 Å². The molecule has 21 heavy (non-hydrogen) atoms. The molecule has 1 aliphatic rings. The number of aromatic nitrogens is 1. The SMILES string of the molecule is O=C(NC1CS(=O)(=O)c2ccccc21)c1ccc[nH]c1=S. The van der Waals surface area contributed by atoms with Gasteiger partial charge >= 0.3 is 0 Å². The zero-order valence-electron chi connectivity index (χ0n) is 10.9. The lowest BCUT2D eigenvalue weighted by molar-refractivity contribution is 0.0940. The third-order valence-corrected chi connectivity index (χ3v) is 5.54. The molecule has 1 atom stereocenters. The number of H-pyrrole nitrogens is 1. The molecule has 0 aliphatic carbocycles. The number of carbonyl (C=O) groups is 1. The highest BCUT2D eigenvalue weighted by Gasteiger charge is 2.35. The van der Waals surface area contributed by atoms with Crippen molar-refractivity contribution in [3.05, 3.63) is 58.4 Å². The van der Waals surface area contributed by atoms with Gasteiger partial charge in [0.1, 0.15) is 4.64 Å². The summed E-state index contributed by atoms with van der Waals surface area (Å²) in [5.74, 6) is -0.504. The maximum atomic E-state index is 12.2. The number of hydrogen-bond donors (Lipinski definition) is 2. The second kappa shape index (κ2) is 5.09. The van der Waals surface area contributed by atoms with Crippen LogP contribution in [-0.4, -0.2) is 25.1 Å². The summed E-state index contributed by atoms with van der Waals surface area (Å²) < 4.78 is 24.5. The number of rotatable bonds is 2. The van der Waals surface area contributed by atoms with Gasteiger partial charge in [-0.3, -0.25) is 4.79 Å². The van der Waals surface area contributed by atoms with Crippen LogP contribution < -0.4 is 5.32 Å². The molecule has 2 N–H and O–H groups in total. The fourth-order valence-electron chi connectivity index (χ4n) is 2.41. The van der Waals surface area contributed by atoms with Gasteiger partial charge in [0.05, 0.1) is 22.3 Å². The predicted octanol–water partition coefficient (Wildman–Crippen LogP) is 2.00. The number of aromatic amines is 1. The average Bonchev–Trinajstić information content (AvgIpc) is 2.71. The number of hydrogen-bond acceptors (Lipinski definition) is 4. The van der Waals surface area contributed by atoms with Crippen molar-refractivity contribution in [2.24, 2.45) is 0 Å². The standard InChI is InChI=1S/C14H12N2O3S2/c17-13(10-5-3-7-15-14(10)20)16-11-8-21(18,19)12-6-2-1-4-9(11)12/h1-7,11H,8H2,(H,15,20)(H,16,17). The number of carbonyl (C=O) groups excluding carboxylic acids is 1. The first-order chi connectivity index (χ1) is 9.99. The normalized spacial score (nSPS) is 19.0. The van der Waals surface area contributed by atoms with Gasteiger partial charge in [0.25, 0.3) is 5.91 Å². The minimum atomic E-state index is -3.34. The van der Waals surface area contributed by atoms with Crippen molar-refractivity contribution in [1.82, 2.24) is 10.3 Å².